The molecule has 0 spiro atoms. The first-order valence-corrected chi connectivity index (χ1v) is 8.88. The van der Waals surface area contributed by atoms with E-state index in [1.807, 2.05) is 0 Å². The summed E-state index contributed by atoms with van der Waals surface area (Å²) >= 11 is 0. The molecule has 4 bridgehead atoms. The van der Waals surface area contributed by atoms with Crippen LogP contribution >= 0.6 is 0 Å². The molecule has 0 heterocycles. The van der Waals surface area contributed by atoms with Crippen molar-refractivity contribution >= 4 is 5.91 Å². The number of aryl methyl sites for hydroxylation is 2. The summed E-state index contributed by atoms with van der Waals surface area (Å²) in [6.45, 7) is 4.20. The van der Waals surface area contributed by atoms with E-state index < -0.39 is 0 Å². The Morgan fingerprint density at radius 2 is 1.68 bits per heavy atom. The minimum Gasteiger partial charge on any atom is -0.350 e. The van der Waals surface area contributed by atoms with E-state index in [-0.39, 0.29) is 11.4 Å². The van der Waals surface area contributed by atoms with Crippen LogP contribution in [0, 0.1) is 31.6 Å². The first kappa shape index (κ1) is 14.3. The summed E-state index contributed by atoms with van der Waals surface area (Å²) in [6, 6.07) is 6.41. The van der Waals surface area contributed by atoms with Gasteiger partial charge in [-0.2, -0.15) is 0 Å². The molecule has 0 saturated heterocycles. The van der Waals surface area contributed by atoms with Crippen molar-refractivity contribution in [1.29, 1.82) is 0 Å². The number of hydrogen-bond acceptors (Lipinski definition) is 1. The van der Waals surface area contributed by atoms with Crippen molar-refractivity contribution in [2.45, 2.75) is 64.3 Å². The Morgan fingerprint density at radius 1 is 1.09 bits per heavy atom. The monoisotopic (exact) mass is 297 g/mol. The van der Waals surface area contributed by atoms with Gasteiger partial charge < -0.3 is 5.32 Å². The molecule has 2 heteroatoms. The molecule has 2 nitrogen and oxygen atoms in total. The molecule has 1 aromatic carbocycles. The first-order chi connectivity index (χ1) is 10.5. The van der Waals surface area contributed by atoms with Crippen LogP contribution in [-0.2, 0) is 11.2 Å². The molecule has 0 aromatic heterocycles. The number of benzene rings is 1. The molecule has 4 aliphatic carbocycles. The average Bonchev–Trinajstić information content (AvgIpc) is 2.40. The largest absolute Gasteiger partial charge is 0.350 e. The lowest BCUT2D eigenvalue weighted by molar-refractivity contribution is -0.126. The molecule has 1 aromatic rings. The fourth-order valence-corrected chi connectivity index (χ4v) is 5.77. The molecule has 4 fully saturated rings. The van der Waals surface area contributed by atoms with Crippen LogP contribution < -0.4 is 5.32 Å². The minimum atomic E-state index is 0.142. The molecular formula is C20H27NO. The van der Waals surface area contributed by atoms with E-state index >= 15 is 0 Å². The Hall–Kier alpha value is -1.31. The van der Waals surface area contributed by atoms with E-state index in [0.29, 0.717) is 6.42 Å². The molecule has 1 amide bonds. The van der Waals surface area contributed by atoms with E-state index in [1.54, 1.807) is 0 Å². The standard InChI is InChI=1S/C20H27NO/c1-13-3-4-14(2)18(5-13)9-19(22)21-20-10-15-6-16(11-20)8-17(7-15)12-20/h3-5,15-17H,6-12H2,1-2H3,(H,21,22). The maximum atomic E-state index is 12.6. The van der Waals surface area contributed by atoms with E-state index in [0.717, 1.165) is 17.8 Å². The average molecular weight is 297 g/mol. The summed E-state index contributed by atoms with van der Waals surface area (Å²) in [6.07, 6.45) is 8.51. The quantitative estimate of drug-likeness (QED) is 0.900. The summed E-state index contributed by atoms with van der Waals surface area (Å²) in [5.41, 5.74) is 3.79. The van der Waals surface area contributed by atoms with Crippen molar-refractivity contribution < 1.29 is 4.79 Å². The van der Waals surface area contributed by atoms with E-state index in [9.17, 15) is 4.79 Å². The minimum absolute atomic E-state index is 0.142. The summed E-state index contributed by atoms with van der Waals surface area (Å²) in [5, 5.41) is 3.48. The molecule has 0 unspecified atom stereocenters. The van der Waals surface area contributed by atoms with Crippen molar-refractivity contribution in [1.82, 2.24) is 5.32 Å². The lowest BCUT2D eigenvalue weighted by Crippen LogP contribution is -2.60. The molecular weight excluding hydrogens is 270 g/mol. The third-order valence-electron chi connectivity index (χ3n) is 6.30. The molecule has 0 radical (unpaired) electrons. The lowest BCUT2D eigenvalue weighted by Gasteiger charge is -2.56. The van der Waals surface area contributed by atoms with Crippen molar-refractivity contribution in [2.24, 2.45) is 17.8 Å². The highest BCUT2D eigenvalue weighted by Gasteiger charge is 2.51. The van der Waals surface area contributed by atoms with Crippen LogP contribution in [0.3, 0.4) is 0 Å². The Kier molecular flexibility index (Phi) is 3.32. The highest BCUT2D eigenvalue weighted by atomic mass is 16.1. The van der Waals surface area contributed by atoms with Crippen molar-refractivity contribution in [3.8, 4) is 0 Å². The Morgan fingerprint density at radius 3 is 2.27 bits per heavy atom. The SMILES string of the molecule is Cc1ccc(C)c(CC(=O)NC23CC4CC(CC(C4)C2)C3)c1. The van der Waals surface area contributed by atoms with Crippen molar-refractivity contribution in [3.63, 3.8) is 0 Å². The predicted octanol–water partition coefficient (Wildman–Crippen LogP) is 3.93. The van der Waals surface area contributed by atoms with Crippen LogP contribution in [0.25, 0.3) is 0 Å². The molecule has 4 aliphatic rings. The zero-order valence-corrected chi connectivity index (χ0v) is 13.8. The normalized spacial score (nSPS) is 35.6. The van der Waals surface area contributed by atoms with Gasteiger partial charge in [0.15, 0.2) is 0 Å². The molecule has 4 saturated carbocycles. The first-order valence-electron chi connectivity index (χ1n) is 8.88. The molecule has 0 atom stereocenters. The van der Waals surface area contributed by atoms with Crippen LogP contribution in [0.1, 0.15) is 55.2 Å². The smallest absolute Gasteiger partial charge is 0.224 e. The second-order valence-electron chi connectivity index (χ2n) is 8.35. The van der Waals surface area contributed by atoms with Gasteiger partial charge in [0.1, 0.15) is 0 Å². The van der Waals surface area contributed by atoms with E-state index in [4.69, 9.17) is 0 Å². The summed E-state index contributed by atoms with van der Waals surface area (Å²) in [7, 11) is 0. The number of rotatable bonds is 3. The number of hydrogen-bond donors (Lipinski definition) is 1. The summed E-state index contributed by atoms with van der Waals surface area (Å²) in [5.74, 6) is 2.88. The van der Waals surface area contributed by atoms with E-state index in [2.05, 4.69) is 37.4 Å². The maximum Gasteiger partial charge on any atom is 0.224 e. The fraction of sp³-hybridized carbons (Fsp3) is 0.650. The van der Waals surface area contributed by atoms with Gasteiger partial charge in [-0.25, -0.2) is 0 Å². The highest BCUT2D eigenvalue weighted by Crippen LogP contribution is 2.55. The van der Waals surface area contributed by atoms with E-state index in [1.165, 1.54) is 55.2 Å². The van der Waals surface area contributed by atoms with Crippen molar-refractivity contribution in [3.05, 3.63) is 34.9 Å². The van der Waals surface area contributed by atoms with Gasteiger partial charge in [-0.05, 0) is 81.3 Å². The highest BCUT2D eigenvalue weighted by molar-refractivity contribution is 5.79. The predicted molar refractivity (Wildman–Crippen MR) is 88.7 cm³/mol. The van der Waals surface area contributed by atoms with Gasteiger partial charge in [-0.1, -0.05) is 23.8 Å². The Bertz CT molecular complexity index is 568. The molecule has 0 aliphatic heterocycles. The number of amides is 1. The van der Waals surface area contributed by atoms with Gasteiger partial charge in [-0.15, -0.1) is 0 Å². The van der Waals surface area contributed by atoms with Crippen molar-refractivity contribution in [2.75, 3.05) is 0 Å². The maximum absolute atomic E-state index is 12.6. The zero-order chi connectivity index (χ0) is 15.3. The van der Waals surface area contributed by atoms with Gasteiger partial charge in [-0.3, -0.25) is 4.79 Å². The number of nitrogens with one attached hydrogen (secondary N) is 1. The van der Waals surface area contributed by atoms with Crippen LogP contribution in [0.2, 0.25) is 0 Å². The summed E-state index contributed by atoms with van der Waals surface area (Å²) in [4.78, 5) is 12.6. The molecule has 118 valence electrons. The second kappa shape index (κ2) is 5.11. The number of carbonyl (C=O) groups excluding carboxylic acids is 1. The Balaban J connectivity index is 1.47. The van der Waals surface area contributed by atoms with Gasteiger partial charge in [0.2, 0.25) is 5.91 Å². The molecule has 22 heavy (non-hydrogen) atoms. The van der Waals surface area contributed by atoms with Gasteiger partial charge in [0, 0.05) is 5.54 Å². The van der Waals surface area contributed by atoms with Crippen LogP contribution in [0.4, 0.5) is 0 Å². The Labute approximate surface area is 133 Å². The zero-order valence-electron chi connectivity index (χ0n) is 13.8. The second-order valence-corrected chi connectivity index (χ2v) is 8.35. The van der Waals surface area contributed by atoms with Crippen LogP contribution in [0.15, 0.2) is 18.2 Å². The summed E-state index contributed by atoms with van der Waals surface area (Å²) < 4.78 is 0. The van der Waals surface area contributed by atoms with Gasteiger partial charge in [0.05, 0.1) is 6.42 Å². The molecule has 1 N–H and O–H groups in total. The topological polar surface area (TPSA) is 29.1 Å². The lowest BCUT2D eigenvalue weighted by atomic mass is 9.53. The van der Waals surface area contributed by atoms with Crippen LogP contribution in [-0.4, -0.2) is 11.4 Å². The van der Waals surface area contributed by atoms with Crippen LogP contribution in [0.5, 0.6) is 0 Å². The number of carbonyl (C=O) groups is 1. The fourth-order valence-electron chi connectivity index (χ4n) is 5.77. The molecule has 5 rings (SSSR count). The third-order valence-corrected chi connectivity index (χ3v) is 6.30. The van der Waals surface area contributed by atoms with Gasteiger partial charge in [0.25, 0.3) is 0 Å². The van der Waals surface area contributed by atoms with Gasteiger partial charge >= 0.3 is 0 Å². The third kappa shape index (κ3) is 2.57.